The molecule has 0 bridgehead atoms. The van der Waals surface area contributed by atoms with Gasteiger partial charge in [0.2, 0.25) is 12.0 Å². The molecule has 1 aromatic heterocycles. The second-order valence-electron chi connectivity index (χ2n) is 4.50. The summed E-state index contributed by atoms with van der Waals surface area (Å²) >= 11 is 0. The van der Waals surface area contributed by atoms with Crippen LogP contribution in [0.15, 0.2) is 51.7 Å². The quantitative estimate of drug-likeness (QED) is 0.824. The van der Waals surface area contributed by atoms with Crippen LogP contribution in [0.1, 0.15) is 5.69 Å². The molecule has 0 aliphatic carbocycles. The molecule has 1 aromatic carbocycles. The standard InChI is InChI=1S/C14H11N7O2S/c1-10-6-7-17-14(18-10)21-24(22,23)13-4-2-11(3-5-13)19-20-12(8-15)9-16/h2-7,12H,1H3,(H,17,18,21). The number of sulfonamides is 1. The number of nitrogens with zero attached hydrogens (tertiary/aromatic N) is 6. The molecule has 0 atom stereocenters. The molecule has 10 heteroatoms. The lowest BCUT2D eigenvalue weighted by molar-refractivity contribution is 0.601. The van der Waals surface area contributed by atoms with Crippen LogP contribution in [0.3, 0.4) is 0 Å². The maximum absolute atomic E-state index is 12.3. The van der Waals surface area contributed by atoms with Gasteiger partial charge in [-0.15, -0.1) is 0 Å². The summed E-state index contributed by atoms with van der Waals surface area (Å²) in [6.45, 7) is 1.72. The molecular formula is C14H11N7O2S. The number of hydrogen-bond donors (Lipinski definition) is 1. The molecule has 0 amide bonds. The summed E-state index contributed by atoms with van der Waals surface area (Å²) in [6, 6.07) is 9.19. The fourth-order valence-corrected chi connectivity index (χ4v) is 2.53. The lowest BCUT2D eigenvalue weighted by atomic mass is 10.3. The highest BCUT2D eigenvalue weighted by Crippen LogP contribution is 2.19. The molecule has 9 nitrogen and oxygen atoms in total. The van der Waals surface area contributed by atoms with E-state index in [1.54, 1.807) is 25.1 Å². The van der Waals surface area contributed by atoms with E-state index in [4.69, 9.17) is 10.5 Å². The smallest absolute Gasteiger partial charge is 0.247 e. The molecule has 0 aliphatic heterocycles. The van der Waals surface area contributed by atoms with Crippen molar-refractivity contribution in [1.29, 1.82) is 10.5 Å². The predicted octanol–water partition coefficient (Wildman–Crippen LogP) is 2.09. The first-order valence-corrected chi connectivity index (χ1v) is 8.05. The van der Waals surface area contributed by atoms with Gasteiger partial charge in [-0.05, 0) is 37.3 Å². The summed E-state index contributed by atoms with van der Waals surface area (Å²) in [5.41, 5.74) is 0.944. The van der Waals surface area contributed by atoms with Gasteiger partial charge in [-0.3, -0.25) is 0 Å². The van der Waals surface area contributed by atoms with Crippen molar-refractivity contribution in [3.05, 3.63) is 42.2 Å². The van der Waals surface area contributed by atoms with Crippen LogP contribution in [-0.2, 0) is 10.0 Å². The zero-order chi connectivity index (χ0) is 17.6. The van der Waals surface area contributed by atoms with Crippen molar-refractivity contribution in [2.75, 3.05) is 4.72 Å². The maximum Gasteiger partial charge on any atom is 0.264 e. The van der Waals surface area contributed by atoms with Crippen molar-refractivity contribution >= 4 is 21.7 Å². The minimum atomic E-state index is -3.84. The van der Waals surface area contributed by atoms with Crippen molar-refractivity contribution in [2.45, 2.75) is 17.9 Å². The number of nitrogens with one attached hydrogen (secondary N) is 1. The van der Waals surface area contributed by atoms with Crippen LogP contribution in [0, 0.1) is 29.6 Å². The first-order valence-electron chi connectivity index (χ1n) is 6.57. The number of benzene rings is 1. The number of hydrogen-bond acceptors (Lipinski definition) is 8. The Labute approximate surface area is 138 Å². The second kappa shape index (κ2) is 7.26. The van der Waals surface area contributed by atoms with Gasteiger partial charge in [0.1, 0.15) is 12.1 Å². The summed E-state index contributed by atoms with van der Waals surface area (Å²) in [4.78, 5) is 7.80. The Balaban J connectivity index is 2.18. The zero-order valence-electron chi connectivity index (χ0n) is 12.4. The third-order valence-electron chi connectivity index (χ3n) is 2.70. The van der Waals surface area contributed by atoms with E-state index in [9.17, 15) is 8.42 Å². The molecule has 0 radical (unpaired) electrons. The van der Waals surface area contributed by atoms with Crippen LogP contribution in [0.2, 0.25) is 0 Å². The molecule has 0 spiro atoms. The third kappa shape index (κ3) is 4.32. The average Bonchev–Trinajstić information content (AvgIpc) is 2.56. The summed E-state index contributed by atoms with van der Waals surface area (Å²) in [6.07, 6.45) is 1.45. The highest BCUT2D eigenvalue weighted by molar-refractivity contribution is 7.92. The van der Waals surface area contributed by atoms with E-state index in [0.717, 1.165) is 0 Å². The van der Waals surface area contributed by atoms with Crippen molar-refractivity contribution in [2.24, 2.45) is 10.2 Å². The van der Waals surface area contributed by atoms with E-state index in [-0.39, 0.29) is 10.8 Å². The summed E-state index contributed by atoms with van der Waals surface area (Å²) in [5, 5.41) is 24.4. The number of rotatable bonds is 5. The average molecular weight is 341 g/mol. The fourth-order valence-electron chi connectivity index (χ4n) is 1.57. The van der Waals surface area contributed by atoms with Crippen LogP contribution in [0.4, 0.5) is 11.6 Å². The van der Waals surface area contributed by atoms with Gasteiger partial charge in [0.05, 0.1) is 10.6 Å². The van der Waals surface area contributed by atoms with Crippen LogP contribution >= 0.6 is 0 Å². The Kier molecular flexibility index (Phi) is 5.14. The third-order valence-corrected chi connectivity index (χ3v) is 4.04. The van der Waals surface area contributed by atoms with Crippen LogP contribution in [0.5, 0.6) is 0 Å². The first-order chi connectivity index (χ1) is 11.4. The van der Waals surface area contributed by atoms with Gasteiger partial charge in [-0.2, -0.15) is 20.8 Å². The molecule has 120 valence electrons. The SMILES string of the molecule is Cc1ccnc(NS(=O)(=O)c2ccc(N=NC(C#N)C#N)cc2)n1. The number of aromatic nitrogens is 2. The van der Waals surface area contributed by atoms with Gasteiger partial charge in [0.15, 0.2) is 0 Å². The molecule has 24 heavy (non-hydrogen) atoms. The Morgan fingerprint density at radius 1 is 1.17 bits per heavy atom. The van der Waals surface area contributed by atoms with E-state index in [2.05, 4.69) is 24.9 Å². The fraction of sp³-hybridized carbons (Fsp3) is 0.143. The molecule has 1 heterocycles. The molecule has 0 unspecified atom stereocenters. The monoisotopic (exact) mass is 341 g/mol. The zero-order valence-corrected chi connectivity index (χ0v) is 13.3. The van der Waals surface area contributed by atoms with E-state index >= 15 is 0 Å². The Hall–Kier alpha value is -3.37. The van der Waals surface area contributed by atoms with Crippen molar-refractivity contribution in [1.82, 2.24) is 9.97 Å². The number of aryl methyl sites for hydroxylation is 1. The minimum Gasteiger partial charge on any atom is -0.247 e. The number of azo groups is 1. The Morgan fingerprint density at radius 2 is 1.83 bits per heavy atom. The first kappa shape index (κ1) is 17.0. The number of nitriles is 2. The van der Waals surface area contributed by atoms with Crippen molar-refractivity contribution < 1.29 is 8.42 Å². The molecule has 0 aliphatic rings. The lowest BCUT2D eigenvalue weighted by Crippen LogP contribution is -2.15. The van der Waals surface area contributed by atoms with Gasteiger partial charge in [-0.25, -0.2) is 23.1 Å². The Morgan fingerprint density at radius 3 is 2.42 bits per heavy atom. The predicted molar refractivity (Wildman–Crippen MR) is 83.5 cm³/mol. The topological polar surface area (TPSA) is 144 Å². The second-order valence-corrected chi connectivity index (χ2v) is 6.18. The van der Waals surface area contributed by atoms with Gasteiger partial charge in [0.25, 0.3) is 10.0 Å². The van der Waals surface area contributed by atoms with Crippen molar-refractivity contribution in [3.63, 3.8) is 0 Å². The van der Waals surface area contributed by atoms with Crippen LogP contribution < -0.4 is 4.72 Å². The van der Waals surface area contributed by atoms with Gasteiger partial charge in [0, 0.05) is 11.9 Å². The molecule has 0 saturated carbocycles. The molecule has 0 fully saturated rings. The Bertz CT molecular complexity index is 926. The summed E-state index contributed by atoms with van der Waals surface area (Å²) in [7, 11) is -3.84. The van der Waals surface area contributed by atoms with Gasteiger partial charge < -0.3 is 0 Å². The highest BCUT2D eigenvalue weighted by atomic mass is 32.2. The van der Waals surface area contributed by atoms with E-state index in [0.29, 0.717) is 11.4 Å². The van der Waals surface area contributed by atoms with Gasteiger partial charge >= 0.3 is 0 Å². The normalized spacial score (nSPS) is 11.2. The minimum absolute atomic E-state index is 0.0105. The lowest BCUT2D eigenvalue weighted by Gasteiger charge is -2.06. The molecule has 1 N–H and O–H groups in total. The highest BCUT2D eigenvalue weighted by Gasteiger charge is 2.15. The summed E-state index contributed by atoms with van der Waals surface area (Å²) < 4.78 is 26.8. The van der Waals surface area contributed by atoms with E-state index in [1.165, 1.54) is 30.5 Å². The molecular weight excluding hydrogens is 330 g/mol. The van der Waals surface area contributed by atoms with Gasteiger partial charge in [-0.1, -0.05) is 0 Å². The largest absolute Gasteiger partial charge is 0.264 e. The van der Waals surface area contributed by atoms with Crippen molar-refractivity contribution in [3.8, 4) is 12.1 Å². The molecule has 0 saturated heterocycles. The van der Waals surface area contributed by atoms with E-state index < -0.39 is 16.1 Å². The van der Waals surface area contributed by atoms with Crippen LogP contribution in [-0.4, -0.2) is 24.4 Å². The summed E-state index contributed by atoms with van der Waals surface area (Å²) in [5.74, 6) is -0.0235. The van der Waals surface area contributed by atoms with Crippen LogP contribution in [0.25, 0.3) is 0 Å². The molecule has 2 aromatic rings. The molecule has 2 rings (SSSR count). The maximum atomic E-state index is 12.3. The number of anilines is 1. The van der Waals surface area contributed by atoms with E-state index in [1.807, 2.05) is 0 Å².